The number of benzene rings is 2. The Hall–Kier alpha value is -2.48. The molecule has 0 spiro atoms. The molecule has 2 nitrogen and oxygen atoms in total. The fourth-order valence-electron chi connectivity index (χ4n) is 1.91. The Morgan fingerprint density at radius 2 is 1.11 bits per heavy atom. The summed E-state index contributed by atoms with van der Waals surface area (Å²) >= 11 is 0. The summed E-state index contributed by atoms with van der Waals surface area (Å²) in [6.45, 7) is 7.45. The maximum Gasteiger partial charge on any atom is 0.0400 e. The molecule has 0 radical (unpaired) electrons. The van der Waals surface area contributed by atoms with Crippen molar-refractivity contribution in [3.63, 3.8) is 0 Å². The van der Waals surface area contributed by atoms with Crippen LogP contribution in [0.1, 0.15) is 11.1 Å². The Balaban J connectivity index is 2.55. The Bertz CT molecular complexity index is 557. The molecule has 0 aliphatic heterocycles. The first-order valence-corrected chi connectivity index (χ1v) is 5.70. The lowest BCUT2D eigenvalue weighted by Crippen LogP contribution is -1.95. The summed E-state index contributed by atoms with van der Waals surface area (Å²) < 4.78 is 0. The molecule has 0 aromatic heterocycles. The second-order valence-electron chi connectivity index (χ2n) is 4.10. The van der Waals surface area contributed by atoms with Gasteiger partial charge in [-0.3, -0.25) is 0 Å². The van der Waals surface area contributed by atoms with E-state index < -0.39 is 0 Å². The average molecular weight is 236 g/mol. The highest BCUT2D eigenvalue weighted by molar-refractivity contribution is 5.86. The van der Waals surface area contributed by atoms with Crippen LogP contribution in [0.3, 0.4) is 0 Å². The topological polar surface area (TPSA) is 52.0 Å². The predicted molar refractivity (Wildman–Crippen MR) is 80.9 cm³/mol. The monoisotopic (exact) mass is 236 g/mol. The van der Waals surface area contributed by atoms with Gasteiger partial charge in [0.2, 0.25) is 0 Å². The number of hydrogen-bond acceptors (Lipinski definition) is 2. The van der Waals surface area contributed by atoms with Crippen molar-refractivity contribution in [2.45, 2.75) is 0 Å². The average Bonchev–Trinajstić information content (AvgIpc) is 2.39. The van der Waals surface area contributed by atoms with Crippen molar-refractivity contribution in [1.82, 2.24) is 0 Å². The van der Waals surface area contributed by atoms with Gasteiger partial charge < -0.3 is 11.5 Å². The normalized spacial score (nSPS) is 10.0. The number of nitrogens with two attached hydrogens (primary N) is 2. The minimum absolute atomic E-state index is 0.699. The summed E-state index contributed by atoms with van der Waals surface area (Å²) in [4.78, 5) is 0. The minimum Gasteiger partial charge on any atom is -0.398 e. The van der Waals surface area contributed by atoms with Crippen LogP contribution < -0.4 is 11.5 Å². The van der Waals surface area contributed by atoms with Gasteiger partial charge in [0.25, 0.3) is 0 Å². The summed E-state index contributed by atoms with van der Waals surface area (Å²) in [5, 5.41) is 0. The van der Waals surface area contributed by atoms with Crippen molar-refractivity contribution >= 4 is 23.5 Å². The first-order chi connectivity index (χ1) is 8.65. The molecule has 0 amide bonds. The summed E-state index contributed by atoms with van der Waals surface area (Å²) in [6.07, 6.45) is 3.54. The van der Waals surface area contributed by atoms with Gasteiger partial charge in [-0.2, -0.15) is 0 Å². The third kappa shape index (κ3) is 2.13. The van der Waals surface area contributed by atoms with E-state index >= 15 is 0 Å². The second-order valence-corrected chi connectivity index (χ2v) is 4.10. The van der Waals surface area contributed by atoms with Crippen LogP contribution in [-0.4, -0.2) is 0 Å². The maximum atomic E-state index is 6.04. The smallest absolute Gasteiger partial charge is 0.0400 e. The van der Waals surface area contributed by atoms with Gasteiger partial charge >= 0.3 is 0 Å². The molecule has 0 saturated carbocycles. The van der Waals surface area contributed by atoms with Gasteiger partial charge in [0.1, 0.15) is 0 Å². The maximum absolute atomic E-state index is 6.04. The molecule has 0 heterocycles. The van der Waals surface area contributed by atoms with Crippen LogP contribution in [0.2, 0.25) is 0 Å². The molecule has 2 aromatic rings. The molecule has 2 rings (SSSR count). The zero-order chi connectivity index (χ0) is 13.1. The molecule has 2 heteroatoms. The van der Waals surface area contributed by atoms with E-state index in [4.69, 9.17) is 11.5 Å². The van der Waals surface area contributed by atoms with E-state index in [2.05, 4.69) is 13.2 Å². The van der Waals surface area contributed by atoms with Crippen molar-refractivity contribution in [1.29, 1.82) is 0 Å². The fourth-order valence-corrected chi connectivity index (χ4v) is 1.91. The molecule has 0 bridgehead atoms. The van der Waals surface area contributed by atoms with Crippen LogP contribution in [0.4, 0.5) is 11.4 Å². The number of rotatable bonds is 3. The zero-order valence-corrected chi connectivity index (χ0v) is 10.2. The largest absolute Gasteiger partial charge is 0.398 e. The standard InChI is InChI=1S/C16H16N2/c1-3-11-5-7-13(15(17)9-11)14-8-6-12(4-2)10-16(14)18/h3-10H,1-2,17-18H2. The Morgan fingerprint density at radius 3 is 1.39 bits per heavy atom. The van der Waals surface area contributed by atoms with E-state index in [0.29, 0.717) is 11.4 Å². The second kappa shape index (κ2) is 4.80. The van der Waals surface area contributed by atoms with Gasteiger partial charge in [-0.05, 0) is 23.3 Å². The van der Waals surface area contributed by atoms with Gasteiger partial charge in [-0.25, -0.2) is 0 Å². The van der Waals surface area contributed by atoms with Crippen LogP contribution in [0.5, 0.6) is 0 Å². The summed E-state index contributed by atoms with van der Waals surface area (Å²) in [7, 11) is 0. The first kappa shape index (κ1) is 12.0. The van der Waals surface area contributed by atoms with Crippen molar-refractivity contribution in [3.05, 3.63) is 60.7 Å². The molecule has 0 unspecified atom stereocenters. The van der Waals surface area contributed by atoms with Gasteiger partial charge in [-0.15, -0.1) is 0 Å². The molecule has 0 atom stereocenters. The van der Waals surface area contributed by atoms with Crippen molar-refractivity contribution in [2.75, 3.05) is 11.5 Å². The molecule has 90 valence electrons. The Labute approximate surface area is 107 Å². The third-order valence-electron chi connectivity index (χ3n) is 2.91. The highest BCUT2D eigenvalue weighted by Crippen LogP contribution is 2.32. The molecule has 2 aromatic carbocycles. The SMILES string of the molecule is C=Cc1ccc(-c2ccc(C=C)cc2N)c(N)c1. The van der Waals surface area contributed by atoms with E-state index in [1.807, 2.05) is 36.4 Å². The van der Waals surface area contributed by atoms with Gasteiger partial charge in [0.15, 0.2) is 0 Å². The van der Waals surface area contributed by atoms with E-state index in [1.54, 1.807) is 12.2 Å². The zero-order valence-electron chi connectivity index (χ0n) is 10.2. The highest BCUT2D eigenvalue weighted by atomic mass is 14.6. The van der Waals surface area contributed by atoms with Gasteiger partial charge in [0, 0.05) is 22.5 Å². The van der Waals surface area contributed by atoms with Crippen LogP contribution >= 0.6 is 0 Å². The number of anilines is 2. The van der Waals surface area contributed by atoms with E-state index in [9.17, 15) is 0 Å². The van der Waals surface area contributed by atoms with Crippen molar-refractivity contribution in [2.24, 2.45) is 0 Å². The number of hydrogen-bond donors (Lipinski definition) is 2. The highest BCUT2D eigenvalue weighted by Gasteiger charge is 2.06. The molecular weight excluding hydrogens is 220 g/mol. The summed E-state index contributed by atoms with van der Waals surface area (Å²) in [5.74, 6) is 0. The Kier molecular flexibility index (Phi) is 3.20. The lowest BCUT2D eigenvalue weighted by Gasteiger charge is -2.10. The van der Waals surface area contributed by atoms with Crippen LogP contribution in [0.15, 0.2) is 49.6 Å². The predicted octanol–water partition coefficient (Wildman–Crippen LogP) is 3.80. The number of nitrogen functional groups attached to an aromatic ring is 2. The molecular formula is C16H16N2. The minimum atomic E-state index is 0.699. The summed E-state index contributed by atoms with van der Waals surface area (Å²) in [5.41, 5.74) is 17.4. The van der Waals surface area contributed by atoms with E-state index in [-0.39, 0.29) is 0 Å². The third-order valence-corrected chi connectivity index (χ3v) is 2.91. The van der Waals surface area contributed by atoms with E-state index in [1.165, 1.54) is 0 Å². The molecule has 0 fully saturated rings. The lowest BCUT2D eigenvalue weighted by atomic mass is 9.98. The van der Waals surface area contributed by atoms with Crippen molar-refractivity contribution < 1.29 is 0 Å². The van der Waals surface area contributed by atoms with Crippen LogP contribution in [-0.2, 0) is 0 Å². The molecule has 0 aliphatic carbocycles. The van der Waals surface area contributed by atoms with Crippen molar-refractivity contribution in [3.8, 4) is 11.1 Å². The quantitative estimate of drug-likeness (QED) is 0.796. The molecule has 18 heavy (non-hydrogen) atoms. The van der Waals surface area contributed by atoms with Crippen LogP contribution in [0.25, 0.3) is 23.3 Å². The molecule has 4 N–H and O–H groups in total. The first-order valence-electron chi connectivity index (χ1n) is 5.70. The Morgan fingerprint density at radius 1 is 0.722 bits per heavy atom. The van der Waals surface area contributed by atoms with Crippen LogP contribution in [0, 0.1) is 0 Å². The van der Waals surface area contributed by atoms with E-state index in [0.717, 1.165) is 22.3 Å². The molecule has 0 saturated heterocycles. The summed E-state index contributed by atoms with van der Waals surface area (Å²) in [6, 6.07) is 11.7. The van der Waals surface area contributed by atoms with Gasteiger partial charge in [0.05, 0.1) is 0 Å². The fraction of sp³-hybridized carbons (Fsp3) is 0. The van der Waals surface area contributed by atoms with Gasteiger partial charge in [-0.1, -0.05) is 49.6 Å². The molecule has 0 aliphatic rings. The lowest BCUT2D eigenvalue weighted by molar-refractivity contribution is 1.57.